The lowest BCUT2D eigenvalue weighted by Gasteiger charge is -2.30. The molecular formula is C13H17N5. The molecule has 3 rings (SSSR count). The fraction of sp³-hybridized carbons (Fsp3) is 0.385. The molecule has 2 aromatic heterocycles. The number of aryl methyl sites for hydroxylation is 1. The molecular weight excluding hydrogens is 226 g/mol. The molecule has 0 aliphatic carbocycles. The monoisotopic (exact) mass is 243 g/mol. The number of hydrogen-bond acceptors (Lipinski definition) is 4. The molecule has 0 aromatic carbocycles. The van der Waals surface area contributed by atoms with Gasteiger partial charge in [0.25, 0.3) is 0 Å². The van der Waals surface area contributed by atoms with Crippen molar-refractivity contribution in [3.63, 3.8) is 0 Å². The topological polar surface area (TPSA) is 46.0 Å². The molecule has 1 aliphatic heterocycles. The van der Waals surface area contributed by atoms with Gasteiger partial charge in [0.2, 0.25) is 0 Å². The Labute approximate surface area is 106 Å². The first kappa shape index (κ1) is 11.2. The number of pyridine rings is 1. The van der Waals surface area contributed by atoms with Gasteiger partial charge < -0.3 is 10.2 Å². The van der Waals surface area contributed by atoms with E-state index in [0.717, 1.165) is 37.7 Å². The highest BCUT2D eigenvalue weighted by Crippen LogP contribution is 2.20. The van der Waals surface area contributed by atoms with Gasteiger partial charge in [0.05, 0.1) is 11.4 Å². The van der Waals surface area contributed by atoms with Crippen LogP contribution in [0.4, 0.5) is 5.69 Å². The number of nitrogens with zero attached hydrogens (tertiary/aromatic N) is 4. The van der Waals surface area contributed by atoms with Crippen molar-refractivity contribution < 1.29 is 0 Å². The van der Waals surface area contributed by atoms with Crippen LogP contribution in [0.1, 0.15) is 5.69 Å². The summed E-state index contributed by atoms with van der Waals surface area (Å²) in [5, 5.41) is 7.56. The SMILES string of the molecule is Cc1nc(-n2cccn2)ccc1N1CCNCC1. The Morgan fingerprint density at radius 3 is 2.72 bits per heavy atom. The second kappa shape index (κ2) is 4.78. The standard InChI is InChI=1S/C13H17N5/c1-11-12(17-9-6-14-7-10-17)3-4-13(16-11)18-8-2-5-15-18/h2-5,8,14H,6-7,9-10H2,1H3. The van der Waals surface area contributed by atoms with Crippen molar-refractivity contribution in [3.05, 3.63) is 36.3 Å². The van der Waals surface area contributed by atoms with E-state index in [1.165, 1.54) is 5.69 Å². The number of hydrogen-bond donors (Lipinski definition) is 1. The Balaban J connectivity index is 1.89. The highest BCUT2D eigenvalue weighted by atomic mass is 15.3. The molecule has 1 saturated heterocycles. The summed E-state index contributed by atoms with van der Waals surface area (Å²) < 4.78 is 1.79. The van der Waals surface area contributed by atoms with Gasteiger partial charge in [0.15, 0.2) is 5.82 Å². The normalized spacial score (nSPS) is 15.9. The van der Waals surface area contributed by atoms with E-state index in [9.17, 15) is 0 Å². The minimum absolute atomic E-state index is 0.872. The van der Waals surface area contributed by atoms with E-state index >= 15 is 0 Å². The quantitative estimate of drug-likeness (QED) is 0.854. The predicted octanol–water partition coefficient (Wildman–Crippen LogP) is 0.985. The molecule has 3 heterocycles. The summed E-state index contributed by atoms with van der Waals surface area (Å²) in [6, 6.07) is 6.07. The zero-order valence-corrected chi connectivity index (χ0v) is 10.5. The van der Waals surface area contributed by atoms with Gasteiger partial charge in [0.1, 0.15) is 0 Å². The third-order valence-corrected chi connectivity index (χ3v) is 3.24. The van der Waals surface area contributed by atoms with Crippen molar-refractivity contribution in [1.29, 1.82) is 0 Å². The van der Waals surface area contributed by atoms with E-state index in [4.69, 9.17) is 0 Å². The molecule has 1 aliphatic rings. The molecule has 5 heteroatoms. The van der Waals surface area contributed by atoms with Gasteiger partial charge in [0, 0.05) is 38.6 Å². The first-order valence-electron chi connectivity index (χ1n) is 6.28. The van der Waals surface area contributed by atoms with Crippen LogP contribution in [0.15, 0.2) is 30.6 Å². The van der Waals surface area contributed by atoms with Gasteiger partial charge in [-0.05, 0) is 25.1 Å². The third kappa shape index (κ3) is 2.09. The van der Waals surface area contributed by atoms with Crippen LogP contribution < -0.4 is 10.2 Å². The summed E-state index contributed by atoms with van der Waals surface area (Å²) in [5.74, 6) is 0.872. The Bertz CT molecular complexity index is 514. The van der Waals surface area contributed by atoms with Crippen LogP contribution in [0.2, 0.25) is 0 Å². The average molecular weight is 243 g/mol. The summed E-state index contributed by atoms with van der Waals surface area (Å²) in [6.07, 6.45) is 3.67. The fourth-order valence-corrected chi connectivity index (χ4v) is 2.31. The summed E-state index contributed by atoms with van der Waals surface area (Å²) in [6.45, 7) is 6.23. The molecule has 0 amide bonds. The van der Waals surface area contributed by atoms with Crippen molar-refractivity contribution in [2.75, 3.05) is 31.1 Å². The Morgan fingerprint density at radius 1 is 1.22 bits per heavy atom. The molecule has 0 unspecified atom stereocenters. The number of rotatable bonds is 2. The zero-order valence-electron chi connectivity index (χ0n) is 10.5. The van der Waals surface area contributed by atoms with E-state index < -0.39 is 0 Å². The molecule has 0 atom stereocenters. The summed E-state index contributed by atoms with van der Waals surface area (Å²) in [5.41, 5.74) is 2.29. The van der Waals surface area contributed by atoms with Gasteiger partial charge >= 0.3 is 0 Å². The molecule has 0 radical (unpaired) electrons. The maximum Gasteiger partial charge on any atom is 0.153 e. The minimum Gasteiger partial charge on any atom is -0.368 e. The van der Waals surface area contributed by atoms with Gasteiger partial charge in [-0.25, -0.2) is 9.67 Å². The molecule has 5 nitrogen and oxygen atoms in total. The minimum atomic E-state index is 0.872. The van der Waals surface area contributed by atoms with Crippen LogP contribution in [0.5, 0.6) is 0 Å². The Kier molecular flexibility index (Phi) is 2.98. The molecule has 0 bridgehead atoms. The Hall–Kier alpha value is -1.88. The van der Waals surface area contributed by atoms with Crippen LogP contribution in [0.3, 0.4) is 0 Å². The summed E-state index contributed by atoms with van der Waals surface area (Å²) in [4.78, 5) is 7.01. The van der Waals surface area contributed by atoms with E-state index in [1.54, 1.807) is 10.9 Å². The van der Waals surface area contributed by atoms with Crippen LogP contribution in [-0.2, 0) is 0 Å². The Morgan fingerprint density at radius 2 is 2.06 bits per heavy atom. The van der Waals surface area contributed by atoms with Crippen LogP contribution >= 0.6 is 0 Å². The lowest BCUT2D eigenvalue weighted by Crippen LogP contribution is -2.43. The lowest BCUT2D eigenvalue weighted by atomic mass is 10.2. The molecule has 0 saturated carbocycles. The number of aromatic nitrogens is 3. The van der Waals surface area contributed by atoms with E-state index in [1.807, 2.05) is 18.3 Å². The molecule has 2 aromatic rings. The van der Waals surface area contributed by atoms with E-state index in [2.05, 4.69) is 33.3 Å². The highest BCUT2D eigenvalue weighted by molar-refractivity contribution is 5.52. The molecule has 0 spiro atoms. The third-order valence-electron chi connectivity index (χ3n) is 3.24. The van der Waals surface area contributed by atoms with Crippen molar-refractivity contribution in [3.8, 4) is 5.82 Å². The van der Waals surface area contributed by atoms with Crippen LogP contribution in [0.25, 0.3) is 5.82 Å². The van der Waals surface area contributed by atoms with Crippen LogP contribution in [0, 0.1) is 6.92 Å². The highest BCUT2D eigenvalue weighted by Gasteiger charge is 2.13. The smallest absolute Gasteiger partial charge is 0.153 e. The van der Waals surface area contributed by atoms with E-state index in [-0.39, 0.29) is 0 Å². The van der Waals surface area contributed by atoms with E-state index in [0.29, 0.717) is 0 Å². The molecule has 18 heavy (non-hydrogen) atoms. The second-order valence-corrected chi connectivity index (χ2v) is 4.46. The largest absolute Gasteiger partial charge is 0.368 e. The zero-order chi connectivity index (χ0) is 12.4. The predicted molar refractivity (Wildman–Crippen MR) is 71.2 cm³/mol. The molecule has 1 fully saturated rings. The average Bonchev–Trinajstić information content (AvgIpc) is 2.93. The van der Waals surface area contributed by atoms with Gasteiger partial charge in [-0.1, -0.05) is 0 Å². The lowest BCUT2D eigenvalue weighted by molar-refractivity contribution is 0.587. The number of nitrogens with one attached hydrogen (secondary N) is 1. The second-order valence-electron chi connectivity index (χ2n) is 4.46. The summed E-state index contributed by atoms with van der Waals surface area (Å²) >= 11 is 0. The first-order chi connectivity index (χ1) is 8.84. The maximum absolute atomic E-state index is 4.63. The maximum atomic E-state index is 4.63. The van der Waals surface area contributed by atoms with Gasteiger partial charge in [-0.2, -0.15) is 5.10 Å². The number of anilines is 1. The van der Waals surface area contributed by atoms with Crippen molar-refractivity contribution in [1.82, 2.24) is 20.1 Å². The molecule has 1 N–H and O–H groups in total. The van der Waals surface area contributed by atoms with Crippen molar-refractivity contribution >= 4 is 5.69 Å². The molecule has 94 valence electrons. The van der Waals surface area contributed by atoms with Crippen molar-refractivity contribution in [2.24, 2.45) is 0 Å². The summed E-state index contributed by atoms with van der Waals surface area (Å²) in [7, 11) is 0. The van der Waals surface area contributed by atoms with Gasteiger partial charge in [-0.15, -0.1) is 0 Å². The first-order valence-corrected chi connectivity index (χ1v) is 6.28. The van der Waals surface area contributed by atoms with Gasteiger partial charge in [-0.3, -0.25) is 0 Å². The fourth-order valence-electron chi connectivity index (χ4n) is 2.31. The van der Waals surface area contributed by atoms with Crippen molar-refractivity contribution in [2.45, 2.75) is 6.92 Å². The van der Waals surface area contributed by atoms with Crippen LogP contribution in [-0.4, -0.2) is 40.9 Å². The number of piperazine rings is 1.